The van der Waals surface area contributed by atoms with Crippen LogP contribution in [0.1, 0.15) is 42.4 Å². The van der Waals surface area contributed by atoms with E-state index in [2.05, 4.69) is 22.2 Å². The molecule has 2 unspecified atom stereocenters. The van der Waals surface area contributed by atoms with Gasteiger partial charge in [-0.1, -0.05) is 36.4 Å². The Kier molecular flexibility index (Phi) is 4.68. The third kappa shape index (κ3) is 3.30. The van der Waals surface area contributed by atoms with Crippen molar-refractivity contribution in [2.75, 3.05) is 0 Å². The highest BCUT2D eigenvalue weighted by Crippen LogP contribution is 2.37. The Labute approximate surface area is 174 Å². The van der Waals surface area contributed by atoms with Crippen LogP contribution in [0.4, 0.5) is 4.79 Å². The standard InChI is InChI=1S/C23H21N5O2/c24-11-18-13-26-27-14-19(12-25-22(18)27)17-9-20-7-4-8-21(10-17)28(20)23(29)30-15-16-5-2-1-3-6-16/h1-3,5-6,9,12-14,20-21H,4,7-8,10,15H2. The number of rotatable bonds is 3. The molecule has 2 aromatic heterocycles. The van der Waals surface area contributed by atoms with Crippen LogP contribution in [0.2, 0.25) is 0 Å². The van der Waals surface area contributed by atoms with E-state index in [0.717, 1.165) is 36.8 Å². The van der Waals surface area contributed by atoms with Gasteiger partial charge in [-0.2, -0.15) is 10.4 Å². The van der Waals surface area contributed by atoms with Crippen molar-refractivity contribution < 1.29 is 9.53 Å². The summed E-state index contributed by atoms with van der Waals surface area (Å²) in [6.07, 6.45) is 10.9. The average Bonchev–Trinajstić information content (AvgIpc) is 3.19. The van der Waals surface area contributed by atoms with Crippen molar-refractivity contribution >= 4 is 17.3 Å². The van der Waals surface area contributed by atoms with E-state index in [1.54, 1.807) is 10.7 Å². The van der Waals surface area contributed by atoms with Gasteiger partial charge in [0.2, 0.25) is 0 Å². The molecule has 2 bridgehead atoms. The molecule has 0 aliphatic carbocycles. The maximum Gasteiger partial charge on any atom is 0.410 e. The predicted octanol–water partition coefficient (Wildman–Crippen LogP) is 3.95. The molecular weight excluding hydrogens is 378 g/mol. The molecule has 30 heavy (non-hydrogen) atoms. The molecule has 7 heteroatoms. The van der Waals surface area contributed by atoms with Gasteiger partial charge in [-0.25, -0.2) is 14.3 Å². The quantitative estimate of drug-likeness (QED) is 0.666. The fourth-order valence-corrected chi connectivity index (χ4v) is 4.44. The summed E-state index contributed by atoms with van der Waals surface area (Å²) in [4.78, 5) is 19.2. The molecule has 2 aliphatic heterocycles. The van der Waals surface area contributed by atoms with E-state index in [4.69, 9.17) is 10.00 Å². The molecule has 1 fully saturated rings. The van der Waals surface area contributed by atoms with E-state index < -0.39 is 0 Å². The maximum absolute atomic E-state index is 12.9. The minimum absolute atomic E-state index is 0.0266. The van der Waals surface area contributed by atoms with Crippen LogP contribution < -0.4 is 0 Å². The summed E-state index contributed by atoms with van der Waals surface area (Å²) in [6.45, 7) is 0.285. The SMILES string of the molecule is N#Cc1cnn2cc(C3=CC4CCCC(C3)N4C(=O)OCc3ccccc3)cnc12. The Morgan fingerprint density at radius 3 is 2.90 bits per heavy atom. The van der Waals surface area contributed by atoms with Crippen LogP contribution >= 0.6 is 0 Å². The number of carbonyl (C=O) groups is 1. The second kappa shape index (κ2) is 7.64. The predicted molar refractivity (Wildman–Crippen MR) is 110 cm³/mol. The number of hydrogen-bond donors (Lipinski definition) is 0. The Morgan fingerprint density at radius 2 is 2.10 bits per heavy atom. The zero-order chi connectivity index (χ0) is 20.5. The molecule has 2 atom stereocenters. The Morgan fingerprint density at radius 1 is 1.23 bits per heavy atom. The number of benzene rings is 1. The van der Waals surface area contributed by atoms with Crippen LogP contribution in [0.5, 0.6) is 0 Å². The van der Waals surface area contributed by atoms with Crippen molar-refractivity contribution in [1.82, 2.24) is 19.5 Å². The number of aromatic nitrogens is 3. The number of fused-ring (bicyclic) bond motifs is 3. The molecule has 3 aromatic rings. The first-order chi connectivity index (χ1) is 14.7. The van der Waals surface area contributed by atoms with E-state index in [0.29, 0.717) is 11.2 Å². The van der Waals surface area contributed by atoms with Crippen molar-refractivity contribution in [1.29, 1.82) is 5.26 Å². The average molecular weight is 399 g/mol. The minimum Gasteiger partial charge on any atom is -0.445 e. The first-order valence-corrected chi connectivity index (χ1v) is 10.2. The summed E-state index contributed by atoms with van der Waals surface area (Å²) >= 11 is 0. The molecule has 1 aromatic carbocycles. The molecule has 5 rings (SSSR count). The van der Waals surface area contributed by atoms with Gasteiger partial charge >= 0.3 is 6.09 Å². The van der Waals surface area contributed by atoms with E-state index in [1.165, 1.54) is 11.8 Å². The topological polar surface area (TPSA) is 83.5 Å². The molecule has 0 radical (unpaired) electrons. The molecule has 4 heterocycles. The Balaban J connectivity index is 1.37. The van der Waals surface area contributed by atoms with Crippen LogP contribution in [0.15, 0.2) is 55.0 Å². The molecule has 0 saturated carbocycles. The monoisotopic (exact) mass is 399 g/mol. The number of piperidine rings is 1. The van der Waals surface area contributed by atoms with Crippen LogP contribution in [-0.2, 0) is 11.3 Å². The van der Waals surface area contributed by atoms with Crippen molar-refractivity contribution in [3.63, 3.8) is 0 Å². The lowest BCUT2D eigenvalue weighted by Gasteiger charge is -2.44. The zero-order valence-electron chi connectivity index (χ0n) is 16.4. The van der Waals surface area contributed by atoms with Gasteiger partial charge < -0.3 is 4.74 Å². The molecule has 0 N–H and O–H groups in total. The number of hydrogen-bond acceptors (Lipinski definition) is 5. The van der Waals surface area contributed by atoms with Crippen LogP contribution in [-0.4, -0.2) is 37.7 Å². The van der Waals surface area contributed by atoms with Gasteiger partial charge in [0.15, 0.2) is 5.65 Å². The van der Waals surface area contributed by atoms with Crippen molar-refractivity contribution in [2.24, 2.45) is 0 Å². The van der Waals surface area contributed by atoms with E-state index >= 15 is 0 Å². The van der Waals surface area contributed by atoms with E-state index in [1.807, 2.05) is 41.4 Å². The number of ether oxygens (including phenoxy) is 1. The van der Waals surface area contributed by atoms with Crippen LogP contribution in [0.25, 0.3) is 11.2 Å². The number of amides is 1. The highest BCUT2D eigenvalue weighted by Gasteiger charge is 2.38. The normalized spacial score (nSPS) is 20.5. The molecule has 2 aliphatic rings. The lowest BCUT2D eigenvalue weighted by atomic mass is 9.83. The van der Waals surface area contributed by atoms with Gasteiger partial charge in [0, 0.05) is 24.0 Å². The van der Waals surface area contributed by atoms with Gasteiger partial charge in [-0.05, 0) is 36.8 Å². The summed E-state index contributed by atoms with van der Waals surface area (Å²) in [5.41, 5.74) is 4.15. The Hall–Kier alpha value is -3.66. The highest BCUT2D eigenvalue weighted by molar-refractivity contribution is 5.74. The number of nitrogens with zero attached hydrogens (tertiary/aromatic N) is 5. The summed E-state index contributed by atoms with van der Waals surface area (Å²) in [5.74, 6) is 0. The zero-order valence-corrected chi connectivity index (χ0v) is 16.4. The molecular formula is C23H21N5O2. The van der Waals surface area contributed by atoms with Gasteiger partial charge in [-0.3, -0.25) is 4.90 Å². The van der Waals surface area contributed by atoms with Crippen LogP contribution in [0, 0.1) is 11.3 Å². The number of carbonyl (C=O) groups excluding carboxylic acids is 1. The third-order valence-electron chi connectivity index (χ3n) is 5.90. The molecule has 150 valence electrons. The fourth-order valence-electron chi connectivity index (χ4n) is 4.44. The van der Waals surface area contributed by atoms with E-state index in [9.17, 15) is 4.79 Å². The van der Waals surface area contributed by atoms with Crippen molar-refractivity contribution in [3.05, 3.63) is 71.7 Å². The summed E-state index contributed by atoms with van der Waals surface area (Å²) < 4.78 is 7.26. The lowest BCUT2D eigenvalue weighted by Crippen LogP contribution is -2.51. The number of nitriles is 1. The van der Waals surface area contributed by atoms with Crippen molar-refractivity contribution in [3.8, 4) is 6.07 Å². The largest absolute Gasteiger partial charge is 0.445 e. The summed E-state index contributed by atoms with van der Waals surface area (Å²) in [7, 11) is 0. The lowest BCUT2D eigenvalue weighted by molar-refractivity contribution is 0.0510. The first-order valence-electron chi connectivity index (χ1n) is 10.2. The van der Waals surface area contributed by atoms with Gasteiger partial charge in [-0.15, -0.1) is 0 Å². The van der Waals surface area contributed by atoms with Gasteiger partial charge in [0.1, 0.15) is 18.2 Å². The first kappa shape index (κ1) is 18.4. The Bertz CT molecular complexity index is 1160. The minimum atomic E-state index is -0.247. The third-order valence-corrected chi connectivity index (χ3v) is 5.90. The molecule has 0 spiro atoms. The molecule has 7 nitrogen and oxygen atoms in total. The fraction of sp³-hybridized carbons (Fsp3) is 0.304. The second-order valence-electron chi connectivity index (χ2n) is 7.78. The van der Waals surface area contributed by atoms with Crippen LogP contribution in [0.3, 0.4) is 0 Å². The molecule has 1 amide bonds. The summed E-state index contributed by atoms with van der Waals surface area (Å²) in [6, 6.07) is 12.0. The maximum atomic E-state index is 12.9. The van der Waals surface area contributed by atoms with E-state index in [-0.39, 0.29) is 24.8 Å². The summed E-state index contributed by atoms with van der Waals surface area (Å²) in [5, 5.41) is 13.4. The van der Waals surface area contributed by atoms with Gasteiger partial charge in [0.25, 0.3) is 0 Å². The molecule has 1 saturated heterocycles. The van der Waals surface area contributed by atoms with Gasteiger partial charge in [0.05, 0.1) is 12.2 Å². The second-order valence-corrected chi connectivity index (χ2v) is 7.78. The van der Waals surface area contributed by atoms with Crippen molar-refractivity contribution in [2.45, 2.75) is 44.4 Å². The highest BCUT2D eigenvalue weighted by atomic mass is 16.6. The smallest absolute Gasteiger partial charge is 0.410 e.